The number of nitrogens with one attached hydrogen (secondary N) is 1. The summed E-state index contributed by atoms with van der Waals surface area (Å²) in [6, 6.07) is 22.2. The summed E-state index contributed by atoms with van der Waals surface area (Å²) in [7, 11) is 0. The molecular weight excluding hydrogens is 444 g/mol. The third-order valence-corrected chi connectivity index (χ3v) is 5.68. The molecule has 8 heteroatoms. The van der Waals surface area contributed by atoms with E-state index in [-0.39, 0.29) is 18.2 Å². The number of benzene rings is 2. The van der Waals surface area contributed by atoms with Crippen molar-refractivity contribution in [3.63, 3.8) is 0 Å². The number of anilines is 1. The van der Waals surface area contributed by atoms with Crippen molar-refractivity contribution in [2.45, 2.75) is 19.4 Å². The van der Waals surface area contributed by atoms with Gasteiger partial charge < -0.3 is 15.0 Å². The Balaban J connectivity index is 1.67. The van der Waals surface area contributed by atoms with E-state index in [4.69, 9.17) is 23.8 Å². The lowest BCUT2D eigenvalue weighted by Crippen LogP contribution is -2.18. The van der Waals surface area contributed by atoms with E-state index in [2.05, 4.69) is 10.3 Å². The number of para-hydroxylation sites is 1. The Morgan fingerprint density at radius 2 is 1.75 bits per heavy atom. The first-order valence-corrected chi connectivity index (χ1v) is 10.9. The van der Waals surface area contributed by atoms with Crippen molar-refractivity contribution >= 4 is 35.5 Å². The van der Waals surface area contributed by atoms with E-state index in [1.165, 1.54) is 0 Å². The van der Waals surface area contributed by atoms with Crippen LogP contribution in [0.5, 0.6) is 5.88 Å². The second-order valence-electron chi connectivity index (χ2n) is 7.19. The minimum absolute atomic E-state index is 0.0477. The van der Waals surface area contributed by atoms with Crippen LogP contribution < -0.4 is 5.32 Å². The van der Waals surface area contributed by atoms with Gasteiger partial charge in [0.1, 0.15) is 5.82 Å². The topological polar surface area (TPSA) is 72.1 Å². The zero-order chi connectivity index (χ0) is 22.5. The predicted molar refractivity (Wildman–Crippen MR) is 128 cm³/mol. The van der Waals surface area contributed by atoms with Crippen LogP contribution in [0.15, 0.2) is 79.0 Å². The van der Waals surface area contributed by atoms with Gasteiger partial charge in [-0.15, -0.1) is 0 Å². The summed E-state index contributed by atoms with van der Waals surface area (Å²) in [5.74, 6) is 0.110. The van der Waals surface area contributed by atoms with Crippen LogP contribution >= 0.6 is 23.8 Å². The van der Waals surface area contributed by atoms with Gasteiger partial charge in [-0.1, -0.05) is 48.0 Å². The molecule has 2 aromatic carbocycles. The Morgan fingerprint density at radius 3 is 2.44 bits per heavy atom. The van der Waals surface area contributed by atoms with Gasteiger partial charge in [-0.25, -0.2) is 4.98 Å². The molecule has 0 atom stereocenters. The summed E-state index contributed by atoms with van der Waals surface area (Å²) in [5.41, 5.74) is 2.25. The highest BCUT2D eigenvalue weighted by molar-refractivity contribution is 7.71. The summed E-state index contributed by atoms with van der Waals surface area (Å²) in [4.78, 5) is 16.8. The number of carbonyl (C=O) groups is 1. The van der Waals surface area contributed by atoms with Gasteiger partial charge in [-0.2, -0.15) is 0 Å². The van der Waals surface area contributed by atoms with Gasteiger partial charge in [0.2, 0.25) is 11.8 Å². The molecule has 4 aromatic rings. The highest BCUT2D eigenvalue weighted by Crippen LogP contribution is 2.27. The number of hydrogen-bond acceptors (Lipinski definition) is 4. The highest BCUT2D eigenvalue weighted by Gasteiger charge is 2.21. The number of amides is 1. The normalized spacial score (nSPS) is 10.8. The molecule has 0 unspecified atom stereocenters. The molecule has 0 saturated carbocycles. The van der Waals surface area contributed by atoms with E-state index in [9.17, 15) is 9.90 Å². The molecule has 4 rings (SSSR count). The van der Waals surface area contributed by atoms with E-state index in [0.717, 1.165) is 11.3 Å². The van der Waals surface area contributed by atoms with Crippen LogP contribution in [-0.4, -0.2) is 25.1 Å². The fourth-order valence-corrected chi connectivity index (χ4v) is 3.98. The van der Waals surface area contributed by atoms with Crippen molar-refractivity contribution in [1.29, 1.82) is 0 Å². The van der Waals surface area contributed by atoms with E-state index in [1.807, 2.05) is 59.2 Å². The summed E-state index contributed by atoms with van der Waals surface area (Å²) >= 11 is 11.7. The Morgan fingerprint density at radius 1 is 1.03 bits per heavy atom. The monoisotopic (exact) mass is 464 g/mol. The molecule has 32 heavy (non-hydrogen) atoms. The fraction of sp³-hybridized carbons (Fsp3) is 0.125. The summed E-state index contributed by atoms with van der Waals surface area (Å²) < 4.78 is 3.81. The zero-order valence-corrected chi connectivity index (χ0v) is 18.7. The van der Waals surface area contributed by atoms with Gasteiger partial charge in [0.15, 0.2) is 4.77 Å². The molecule has 0 fully saturated rings. The first-order chi connectivity index (χ1) is 15.5. The second kappa shape index (κ2) is 9.80. The van der Waals surface area contributed by atoms with Gasteiger partial charge >= 0.3 is 0 Å². The van der Waals surface area contributed by atoms with E-state index < -0.39 is 0 Å². The maximum atomic E-state index is 12.7. The summed E-state index contributed by atoms with van der Waals surface area (Å²) in [6.45, 7) is 0.500. The maximum Gasteiger partial charge on any atom is 0.231 e. The second-order valence-corrected chi connectivity index (χ2v) is 7.99. The van der Waals surface area contributed by atoms with Crippen LogP contribution in [0.1, 0.15) is 11.3 Å². The zero-order valence-electron chi connectivity index (χ0n) is 17.1. The third-order valence-electron chi connectivity index (χ3n) is 5.03. The predicted octanol–water partition coefficient (Wildman–Crippen LogP) is 5.19. The standard InChI is InChI=1S/C24H21ClN4O2S/c25-18-11-9-17(10-12-18)13-15-28-20(16-22(30)27-21-8-4-5-14-26-21)23(31)29(24(28)32)19-6-2-1-3-7-19/h1-12,14,31H,13,15-16H2,(H,26,27,30). The quantitative estimate of drug-likeness (QED) is 0.369. The number of aryl methyl sites for hydroxylation is 1. The molecule has 0 radical (unpaired) electrons. The fourth-order valence-electron chi connectivity index (χ4n) is 3.46. The van der Waals surface area contributed by atoms with Gasteiger partial charge in [-0.05, 0) is 60.6 Å². The minimum atomic E-state index is -0.292. The van der Waals surface area contributed by atoms with E-state index in [0.29, 0.717) is 34.3 Å². The number of imidazole rings is 1. The molecule has 0 saturated heterocycles. The maximum absolute atomic E-state index is 12.7. The molecule has 0 spiro atoms. The SMILES string of the molecule is O=C(Cc1c(O)n(-c2ccccc2)c(=S)n1CCc1ccc(Cl)cc1)Nc1ccccn1. The van der Waals surface area contributed by atoms with Crippen molar-refractivity contribution < 1.29 is 9.90 Å². The van der Waals surface area contributed by atoms with Gasteiger partial charge in [-0.3, -0.25) is 9.36 Å². The molecule has 0 bridgehead atoms. The number of nitrogens with zero attached hydrogens (tertiary/aromatic N) is 3. The lowest BCUT2D eigenvalue weighted by atomic mass is 10.1. The molecule has 0 aliphatic carbocycles. The summed E-state index contributed by atoms with van der Waals surface area (Å²) in [6.07, 6.45) is 2.22. The molecule has 1 amide bonds. The van der Waals surface area contributed by atoms with Crippen LogP contribution in [0, 0.1) is 4.77 Å². The van der Waals surface area contributed by atoms with Crippen LogP contribution in [0.4, 0.5) is 5.82 Å². The number of aromatic nitrogens is 3. The van der Waals surface area contributed by atoms with Crippen LogP contribution in [0.2, 0.25) is 5.02 Å². The number of rotatable bonds is 7. The van der Waals surface area contributed by atoms with Gasteiger partial charge in [0.05, 0.1) is 17.8 Å². The Labute approximate surface area is 195 Å². The number of pyridine rings is 1. The lowest BCUT2D eigenvalue weighted by molar-refractivity contribution is -0.115. The Kier molecular flexibility index (Phi) is 6.68. The number of halogens is 1. The Hall–Kier alpha value is -3.42. The van der Waals surface area contributed by atoms with Crippen molar-refractivity contribution in [3.8, 4) is 11.6 Å². The van der Waals surface area contributed by atoms with Gasteiger partial charge in [0.25, 0.3) is 0 Å². The molecule has 2 aromatic heterocycles. The molecule has 2 heterocycles. The minimum Gasteiger partial charge on any atom is -0.493 e. The summed E-state index contributed by atoms with van der Waals surface area (Å²) in [5, 5.41) is 14.5. The molecule has 2 N–H and O–H groups in total. The highest BCUT2D eigenvalue weighted by atomic mass is 35.5. The average molecular weight is 465 g/mol. The van der Waals surface area contributed by atoms with Crippen molar-refractivity contribution in [3.05, 3.63) is 100 Å². The number of aromatic hydroxyl groups is 1. The third kappa shape index (κ3) is 4.90. The molecule has 162 valence electrons. The number of carbonyl (C=O) groups excluding carboxylic acids is 1. The van der Waals surface area contributed by atoms with Gasteiger partial charge in [0, 0.05) is 17.8 Å². The van der Waals surface area contributed by atoms with Crippen LogP contribution in [0.25, 0.3) is 5.69 Å². The smallest absolute Gasteiger partial charge is 0.231 e. The number of hydrogen-bond donors (Lipinski definition) is 2. The van der Waals surface area contributed by atoms with E-state index in [1.54, 1.807) is 29.0 Å². The van der Waals surface area contributed by atoms with E-state index >= 15 is 0 Å². The first kappa shape index (κ1) is 21.8. The molecule has 0 aliphatic heterocycles. The molecule has 0 aliphatic rings. The first-order valence-electron chi connectivity index (χ1n) is 10.1. The van der Waals surface area contributed by atoms with Crippen molar-refractivity contribution in [2.75, 3.05) is 5.32 Å². The van der Waals surface area contributed by atoms with Crippen molar-refractivity contribution in [2.24, 2.45) is 0 Å². The van der Waals surface area contributed by atoms with Crippen LogP contribution in [-0.2, 0) is 24.2 Å². The Bertz CT molecular complexity index is 1270. The average Bonchev–Trinajstić information content (AvgIpc) is 3.03. The molecular formula is C24H21ClN4O2S. The van der Waals surface area contributed by atoms with Crippen molar-refractivity contribution in [1.82, 2.24) is 14.1 Å². The lowest BCUT2D eigenvalue weighted by Gasteiger charge is -2.09. The van der Waals surface area contributed by atoms with Crippen LogP contribution in [0.3, 0.4) is 0 Å². The molecule has 6 nitrogen and oxygen atoms in total. The largest absolute Gasteiger partial charge is 0.493 e.